The van der Waals surface area contributed by atoms with Gasteiger partial charge in [-0.3, -0.25) is 0 Å². The van der Waals surface area contributed by atoms with Crippen molar-refractivity contribution < 1.29 is 32.5 Å². The van der Waals surface area contributed by atoms with Crippen molar-refractivity contribution in [2.24, 2.45) is 5.92 Å². The molecule has 1 heterocycles. The first-order chi connectivity index (χ1) is 16.6. The average molecular weight is 488 g/mol. The highest BCUT2D eigenvalue weighted by Gasteiger charge is 2.30. The van der Waals surface area contributed by atoms with Crippen molar-refractivity contribution in [2.45, 2.75) is 45.9 Å². The number of rotatable bonds is 10. The topological polar surface area (TPSA) is 68.7 Å². The molecule has 186 valence electrons. The zero-order valence-corrected chi connectivity index (χ0v) is 19.8. The molecule has 0 amide bonds. The van der Waals surface area contributed by atoms with Crippen LogP contribution in [0.5, 0.6) is 11.5 Å². The molecule has 2 aromatic carbocycles. The SMILES string of the molecule is CCC(C)CC(Oc1ccc(OCC(=O)O)c(C)c1)c1cccc(-c2ccc(C(F)(F)F)cc2)n1. The molecule has 0 spiro atoms. The minimum absolute atomic E-state index is 0.343. The Bertz CT molecular complexity index is 1150. The van der Waals surface area contributed by atoms with Gasteiger partial charge < -0.3 is 14.6 Å². The van der Waals surface area contributed by atoms with Crippen LogP contribution in [0.3, 0.4) is 0 Å². The molecular weight excluding hydrogens is 459 g/mol. The van der Waals surface area contributed by atoms with Gasteiger partial charge in [-0.25, -0.2) is 9.78 Å². The summed E-state index contributed by atoms with van der Waals surface area (Å²) in [5.41, 5.74) is 1.84. The number of hydrogen-bond acceptors (Lipinski definition) is 4. The van der Waals surface area contributed by atoms with Gasteiger partial charge in [-0.15, -0.1) is 0 Å². The van der Waals surface area contributed by atoms with Gasteiger partial charge in [0.2, 0.25) is 0 Å². The van der Waals surface area contributed by atoms with Crippen molar-refractivity contribution in [3.8, 4) is 22.8 Å². The maximum absolute atomic E-state index is 12.9. The number of pyridine rings is 1. The largest absolute Gasteiger partial charge is 0.484 e. The normalized spacial score (nSPS) is 13.2. The van der Waals surface area contributed by atoms with Crippen molar-refractivity contribution in [2.75, 3.05) is 6.61 Å². The van der Waals surface area contributed by atoms with E-state index in [0.717, 1.165) is 24.1 Å². The Balaban J connectivity index is 1.86. The van der Waals surface area contributed by atoms with Gasteiger partial charge in [0.15, 0.2) is 6.61 Å². The summed E-state index contributed by atoms with van der Waals surface area (Å²) in [7, 11) is 0. The quantitative estimate of drug-likeness (QED) is 0.330. The van der Waals surface area contributed by atoms with E-state index >= 15 is 0 Å². The number of carboxylic acid groups (broad SMARTS) is 1. The first kappa shape index (κ1) is 26.1. The van der Waals surface area contributed by atoms with Crippen molar-refractivity contribution in [3.63, 3.8) is 0 Å². The highest BCUT2D eigenvalue weighted by Crippen LogP contribution is 2.33. The van der Waals surface area contributed by atoms with Crippen LogP contribution in [0.25, 0.3) is 11.3 Å². The van der Waals surface area contributed by atoms with E-state index in [9.17, 15) is 18.0 Å². The van der Waals surface area contributed by atoms with E-state index in [0.29, 0.717) is 40.8 Å². The maximum atomic E-state index is 12.9. The second-order valence-corrected chi connectivity index (χ2v) is 8.49. The third-order valence-corrected chi connectivity index (χ3v) is 5.70. The second kappa shape index (κ2) is 11.3. The number of carbonyl (C=O) groups is 1. The molecule has 0 aliphatic rings. The fourth-order valence-corrected chi connectivity index (χ4v) is 3.54. The number of alkyl halides is 3. The number of nitrogens with zero attached hydrogens (tertiary/aromatic N) is 1. The van der Waals surface area contributed by atoms with Gasteiger partial charge in [-0.2, -0.15) is 13.2 Å². The number of ether oxygens (including phenoxy) is 2. The van der Waals surface area contributed by atoms with Gasteiger partial charge in [-0.05, 0) is 67.3 Å². The van der Waals surface area contributed by atoms with Gasteiger partial charge in [0.05, 0.1) is 17.0 Å². The summed E-state index contributed by atoms with van der Waals surface area (Å²) < 4.78 is 50.3. The van der Waals surface area contributed by atoms with E-state index in [1.54, 1.807) is 31.2 Å². The van der Waals surface area contributed by atoms with E-state index in [2.05, 4.69) is 13.8 Å². The van der Waals surface area contributed by atoms with Crippen molar-refractivity contribution in [3.05, 3.63) is 77.5 Å². The van der Waals surface area contributed by atoms with Crippen molar-refractivity contribution in [1.82, 2.24) is 4.98 Å². The van der Waals surface area contributed by atoms with Crippen molar-refractivity contribution >= 4 is 5.97 Å². The third kappa shape index (κ3) is 7.21. The smallest absolute Gasteiger partial charge is 0.416 e. The molecule has 0 bridgehead atoms. The Morgan fingerprint density at radius 2 is 1.80 bits per heavy atom. The molecule has 0 saturated heterocycles. The molecule has 0 radical (unpaired) electrons. The number of halogens is 3. The summed E-state index contributed by atoms with van der Waals surface area (Å²) in [5, 5.41) is 8.82. The van der Waals surface area contributed by atoms with E-state index < -0.39 is 24.3 Å². The molecule has 35 heavy (non-hydrogen) atoms. The molecule has 3 aromatic rings. The molecule has 1 N–H and O–H groups in total. The summed E-state index contributed by atoms with van der Waals surface area (Å²) in [5.74, 6) is 0.328. The number of aryl methyl sites for hydroxylation is 1. The summed E-state index contributed by atoms with van der Waals surface area (Å²) in [4.78, 5) is 15.5. The van der Waals surface area contributed by atoms with Crippen LogP contribution < -0.4 is 9.47 Å². The zero-order chi connectivity index (χ0) is 25.6. The molecule has 3 rings (SSSR count). The molecule has 8 heteroatoms. The lowest BCUT2D eigenvalue weighted by atomic mass is 9.98. The van der Waals surface area contributed by atoms with Gasteiger partial charge in [-0.1, -0.05) is 38.5 Å². The maximum Gasteiger partial charge on any atom is 0.416 e. The van der Waals surface area contributed by atoms with E-state index in [1.807, 2.05) is 12.1 Å². The molecular formula is C27H28F3NO4. The Morgan fingerprint density at radius 3 is 2.40 bits per heavy atom. The zero-order valence-electron chi connectivity index (χ0n) is 19.8. The Kier molecular flexibility index (Phi) is 8.38. The van der Waals surface area contributed by atoms with Gasteiger partial charge in [0.25, 0.3) is 0 Å². The van der Waals surface area contributed by atoms with Crippen LogP contribution in [0.4, 0.5) is 13.2 Å². The molecule has 0 fully saturated rings. The van der Waals surface area contributed by atoms with Gasteiger partial charge >= 0.3 is 12.1 Å². The van der Waals surface area contributed by atoms with Crippen LogP contribution in [0.15, 0.2) is 60.7 Å². The second-order valence-electron chi connectivity index (χ2n) is 8.49. The first-order valence-electron chi connectivity index (χ1n) is 11.3. The Labute approximate surface area is 202 Å². The Morgan fingerprint density at radius 1 is 1.09 bits per heavy atom. The van der Waals surface area contributed by atoms with Crippen LogP contribution in [0.2, 0.25) is 0 Å². The Hall–Kier alpha value is -3.55. The van der Waals surface area contributed by atoms with Crippen molar-refractivity contribution in [1.29, 1.82) is 0 Å². The summed E-state index contributed by atoms with van der Waals surface area (Å²) in [6.45, 7) is 5.58. The monoisotopic (exact) mass is 487 g/mol. The summed E-state index contributed by atoms with van der Waals surface area (Å²) in [6, 6.07) is 15.5. The third-order valence-electron chi connectivity index (χ3n) is 5.70. The first-order valence-corrected chi connectivity index (χ1v) is 11.3. The molecule has 1 aromatic heterocycles. The molecule has 0 aliphatic carbocycles. The van der Waals surface area contributed by atoms with Crippen LogP contribution in [-0.4, -0.2) is 22.7 Å². The number of aromatic nitrogens is 1. The van der Waals surface area contributed by atoms with Crippen LogP contribution in [-0.2, 0) is 11.0 Å². The predicted octanol–water partition coefficient (Wildman–Crippen LogP) is 7.10. The highest BCUT2D eigenvalue weighted by atomic mass is 19.4. The lowest BCUT2D eigenvalue weighted by Gasteiger charge is -2.23. The minimum atomic E-state index is -4.39. The van der Waals surface area contributed by atoms with Gasteiger partial charge in [0.1, 0.15) is 17.6 Å². The lowest BCUT2D eigenvalue weighted by Crippen LogP contribution is -2.14. The number of carboxylic acids is 1. The fraction of sp³-hybridized carbons (Fsp3) is 0.333. The number of benzene rings is 2. The molecule has 0 aliphatic heterocycles. The van der Waals surface area contributed by atoms with Crippen LogP contribution in [0, 0.1) is 12.8 Å². The highest BCUT2D eigenvalue weighted by molar-refractivity contribution is 5.68. The molecule has 5 nitrogen and oxygen atoms in total. The van der Waals surface area contributed by atoms with E-state index in [-0.39, 0.29) is 6.10 Å². The summed E-state index contributed by atoms with van der Waals surface area (Å²) in [6.07, 6.45) is -3.14. The van der Waals surface area contributed by atoms with E-state index in [1.165, 1.54) is 12.1 Å². The standard InChI is InChI=1S/C27H28F3NO4/c1-4-17(2)14-25(35-21-12-13-24(18(3)15-21)34-16-26(32)33)23-7-5-6-22(31-23)19-8-10-20(11-9-19)27(28,29)30/h5-13,15,17,25H,4,14,16H2,1-3H3,(H,32,33). The van der Waals surface area contributed by atoms with Crippen LogP contribution >= 0.6 is 0 Å². The lowest BCUT2D eigenvalue weighted by molar-refractivity contribution is -0.139. The molecule has 0 saturated carbocycles. The molecule has 2 atom stereocenters. The minimum Gasteiger partial charge on any atom is -0.484 e. The number of hydrogen-bond donors (Lipinski definition) is 1. The predicted molar refractivity (Wildman–Crippen MR) is 126 cm³/mol. The molecule has 2 unspecified atom stereocenters. The number of aliphatic carboxylic acids is 1. The van der Waals surface area contributed by atoms with Crippen LogP contribution in [0.1, 0.15) is 49.6 Å². The van der Waals surface area contributed by atoms with Gasteiger partial charge in [0, 0.05) is 5.56 Å². The van der Waals surface area contributed by atoms with E-state index in [4.69, 9.17) is 19.6 Å². The summed E-state index contributed by atoms with van der Waals surface area (Å²) >= 11 is 0. The fourth-order valence-electron chi connectivity index (χ4n) is 3.54. The average Bonchev–Trinajstić information content (AvgIpc) is 2.82.